The lowest BCUT2D eigenvalue weighted by Gasteiger charge is -2.18. The van der Waals surface area contributed by atoms with E-state index in [4.69, 9.17) is 34.8 Å². The van der Waals surface area contributed by atoms with Crippen molar-refractivity contribution in [2.45, 2.75) is 4.30 Å². The van der Waals surface area contributed by atoms with Crippen LogP contribution in [-0.2, 0) is 0 Å². The van der Waals surface area contributed by atoms with E-state index >= 15 is 0 Å². The quantitative estimate of drug-likeness (QED) is 0.128. The van der Waals surface area contributed by atoms with Crippen LogP contribution in [0.4, 0.5) is 0 Å². The Morgan fingerprint density at radius 2 is 0.562 bits per heavy atom. The molecule has 8 rings (SSSR count). The number of rotatable bonds is 4. The van der Waals surface area contributed by atoms with E-state index in [0.717, 1.165) is 0 Å². The van der Waals surface area contributed by atoms with Crippen molar-refractivity contribution in [2.24, 2.45) is 0 Å². The van der Waals surface area contributed by atoms with Crippen LogP contribution in [0.15, 0.2) is 182 Å². The molecule has 0 aliphatic carbocycles. The fraction of sp³-hybridized carbons (Fsp3) is 0.0222. The van der Waals surface area contributed by atoms with Crippen molar-refractivity contribution >= 4 is 78.3 Å². The number of halogens is 3. The Labute approximate surface area is 295 Å². The predicted molar refractivity (Wildman–Crippen MR) is 209 cm³/mol. The highest BCUT2D eigenvalue weighted by atomic mass is 35.6. The summed E-state index contributed by atoms with van der Waals surface area (Å²) in [5, 5.41) is 10.0. The van der Waals surface area contributed by atoms with Crippen molar-refractivity contribution < 1.29 is 0 Å². The minimum atomic E-state index is -0.750. The fourth-order valence-corrected chi connectivity index (χ4v) is 6.73. The van der Waals surface area contributed by atoms with Crippen LogP contribution in [0, 0.1) is 0 Å². The summed E-state index contributed by atoms with van der Waals surface area (Å²) in [5.74, 6) is 0. The van der Waals surface area contributed by atoms with Crippen LogP contribution in [0.3, 0.4) is 0 Å². The Bertz CT molecular complexity index is 2200. The molecule has 8 aromatic rings. The van der Waals surface area contributed by atoms with Gasteiger partial charge in [-0.05, 0) is 88.3 Å². The van der Waals surface area contributed by atoms with Crippen molar-refractivity contribution in [3.8, 4) is 0 Å². The second kappa shape index (κ2) is 14.5. The molecule has 0 radical (unpaired) electrons. The summed E-state index contributed by atoms with van der Waals surface area (Å²) < 4.78 is -0.750. The van der Waals surface area contributed by atoms with Crippen molar-refractivity contribution in [3.05, 3.63) is 215 Å². The zero-order valence-corrected chi connectivity index (χ0v) is 28.3. The lowest BCUT2D eigenvalue weighted by molar-refractivity contribution is 1.51. The third-order valence-electron chi connectivity index (χ3n) is 8.64. The molecule has 8 aromatic carbocycles. The van der Waals surface area contributed by atoms with E-state index in [1.54, 1.807) is 0 Å². The van der Waals surface area contributed by atoms with Gasteiger partial charge in [0.15, 0.2) is 4.30 Å². The largest absolute Gasteiger partial charge is 0.180 e. The second-order valence-electron chi connectivity index (χ2n) is 11.5. The van der Waals surface area contributed by atoms with Gasteiger partial charge in [-0.25, -0.2) is 0 Å². The number of hydrogen-bond donors (Lipinski definition) is 0. The van der Waals surface area contributed by atoms with Crippen molar-refractivity contribution in [1.29, 1.82) is 0 Å². The van der Waals surface area contributed by atoms with Crippen LogP contribution in [0.1, 0.15) is 22.3 Å². The van der Waals surface area contributed by atoms with Gasteiger partial charge in [-0.3, -0.25) is 0 Å². The van der Waals surface area contributed by atoms with Crippen LogP contribution in [0.25, 0.3) is 43.5 Å². The van der Waals surface area contributed by atoms with Crippen LogP contribution < -0.4 is 10.4 Å². The predicted octanol–water partition coefficient (Wildman–Crippen LogP) is 11.6. The summed E-state index contributed by atoms with van der Waals surface area (Å²) in [7, 11) is 0. The smallest absolute Gasteiger partial charge is 0.0874 e. The zero-order chi connectivity index (χ0) is 32.9. The Morgan fingerprint density at radius 1 is 0.312 bits per heavy atom. The highest BCUT2D eigenvalue weighted by Gasteiger charge is 2.17. The van der Waals surface area contributed by atoms with E-state index in [9.17, 15) is 0 Å². The molecule has 0 N–H and O–H groups in total. The highest BCUT2D eigenvalue weighted by Crippen LogP contribution is 2.29. The topological polar surface area (TPSA) is 0 Å². The first-order valence-corrected chi connectivity index (χ1v) is 17.2. The Morgan fingerprint density at radius 3 is 0.854 bits per heavy atom. The van der Waals surface area contributed by atoms with Gasteiger partial charge in [0.1, 0.15) is 0 Å². The normalized spacial score (nSPS) is 11.0. The maximum absolute atomic E-state index is 4.81. The first-order valence-electron chi connectivity index (χ1n) is 15.9. The molecule has 0 saturated heterocycles. The van der Waals surface area contributed by atoms with Gasteiger partial charge in [0, 0.05) is 0 Å². The number of alkyl halides is 3. The molecule has 0 fully saturated rings. The van der Waals surface area contributed by atoms with Crippen LogP contribution in [0.2, 0.25) is 0 Å². The molecule has 0 amide bonds. The molecule has 0 atom stereocenters. The maximum atomic E-state index is 4.81. The molecule has 0 aromatic heterocycles. The van der Waals surface area contributed by atoms with Gasteiger partial charge in [0.05, 0.1) is 0 Å². The summed E-state index contributed by atoms with van der Waals surface area (Å²) >= 11 is 14.4. The van der Waals surface area contributed by atoms with Gasteiger partial charge in [0.25, 0.3) is 0 Å². The summed E-state index contributed by atoms with van der Waals surface area (Å²) in [6.45, 7) is 0. The monoisotopic (exact) mass is 676 g/mol. The van der Waals surface area contributed by atoms with E-state index in [2.05, 4.69) is 182 Å². The minimum absolute atomic E-state index is 0.750. The van der Waals surface area contributed by atoms with Crippen LogP contribution in [-0.4, -0.2) is 4.30 Å². The number of hydrogen-bond acceptors (Lipinski definition) is 0. The zero-order valence-electron chi connectivity index (χ0n) is 26.0. The van der Waals surface area contributed by atoms with E-state index in [-0.39, 0.29) is 0 Å². The Hall–Kier alpha value is -4.85. The van der Waals surface area contributed by atoms with E-state index in [0.29, 0.717) is 0 Å². The molecule has 0 aliphatic heterocycles. The highest BCUT2D eigenvalue weighted by molar-refractivity contribution is 6.63. The summed E-state index contributed by atoms with van der Waals surface area (Å²) in [6, 6.07) is 66.0. The van der Waals surface area contributed by atoms with E-state index in [1.165, 1.54) is 76.2 Å². The Balaban J connectivity index is 0.000000865. The maximum Gasteiger partial charge on any atom is 0.180 e. The van der Waals surface area contributed by atoms with Crippen molar-refractivity contribution in [3.63, 3.8) is 0 Å². The van der Waals surface area contributed by atoms with Gasteiger partial charge in [-0.2, -0.15) is 0 Å². The molecule has 0 aliphatic rings. The minimum Gasteiger partial charge on any atom is -0.0874 e. The molecule has 0 heterocycles. The number of benzene rings is 8. The van der Waals surface area contributed by atoms with E-state index in [1.807, 2.05) is 0 Å². The lowest BCUT2D eigenvalue weighted by atomic mass is 9.85. The average molecular weight is 678 g/mol. The molecule has 0 saturated carbocycles. The molecule has 232 valence electrons. The van der Waals surface area contributed by atoms with Gasteiger partial charge in [-0.1, -0.05) is 205 Å². The molecular formula is C45H31Cl3. The van der Waals surface area contributed by atoms with Crippen molar-refractivity contribution in [2.75, 3.05) is 0 Å². The lowest BCUT2D eigenvalue weighted by Crippen LogP contribution is -2.21. The molecule has 0 bridgehead atoms. The molecule has 48 heavy (non-hydrogen) atoms. The summed E-state index contributed by atoms with van der Waals surface area (Å²) in [5.41, 5.74) is 7.33. The van der Waals surface area contributed by atoms with Gasteiger partial charge >= 0.3 is 0 Å². The van der Waals surface area contributed by atoms with Gasteiger partial charge in [-0.15, -0.1) is 0 Å². The van der Waals surface area contributed by atoms with Gasteiger partial charge < -0.3 is 0 Å². The first kappa shape index (κ1) is 31.7. The molecule has 3 heteroatoms. The standard InChI is InChI=1S/C44H30.CHCl3/c1-5-17-31(18-6-1)41(32-19-7-2-8-20-32)43-37-27-15-16-28-38(37)44(40-30-36-26-14-13-25-35(36)29-39(40)43)42(33-21-9-3-10-22-33)34-23-11-4-12-24-34;2-1(3)4/h1-30H;1H. The fourth-order valence-electron chi connectivity index (χ4n) is 6.73. The third kappa shape index (κ3) is 6.48. The van der Waals surface area contributed by atoms with Crippen molar-refractivity contribution in [1.82, 2.24) is 0 Å². The summed E-state index contributed by atoms with van der Waals surface area (Å²) in [4.78, 5) is 0. The molecule has 0 nitrogen and oxygen atoms in total. The average Bonchev–Trinajstić information content (AvgIpc) is 3.13. The van der Waals surface area contributed by atoms with Crippen LogP contribution in [0.5, 0.6) is 0 Å². The first-order chi connectivity index (χ1) is 23.6. The Kier molecular flexibility index (Phi) is 9.59. The third-order valence-corrected chi connectivity index (χ3v) is 8.64. The molecular weight excluding hydrogens is 647 g/mol. The van der Waals surface area contributed by atoms with Gasteiger partial charge in [0.2, 0.25) is 0 Å². The van der Waals surface area contributed by atoms with Crippen LogP contribution >= 0.6 is 34.8 Å². The second-order valence-corrected chi connectivity index (χ2v) is 13.5. The summed E-state index contributed by atoms with van der Waals surface area (Å²) in [6.07, 6.45) is 0. The SMILES string of the molecule is ClC(Cl)Cl.c1ccc(C(c2ccccc2)=c2c3ccccc3c(=C(c3ccccc3)c3ccccc3)c3cc4ccccc4cc23)cc1. The molecule has 0 unspecified atom stereocenters. The molecule has 0 spiro atoms. The number of fused-ring (bicyclic) bond motifs is 3. The van der Waals surface area contributed by atoms with E-state index < -0.39 is 4.30 Å².